The van der Waals surface area contributed by atoms with Crippen LogP contribution in [0.15, 0.2) is 60.7 Å². The molecule has 5 amide bonds. The highest BCUT2D eigenvalue weighted by atomic mass is 16.3. The van der Waals surface area contributed by atoms with Crippen LogP contribution < -0.4 is 21.3 Å². The maximum absolute atomic E-state index is 14.2. The number of nitrogens with one attached hydrogen (secondary N) is 4. The van der Waals surface area contributed by atoms with Crippen LogP contribution in [0.4, 0.5) is 0 Å². The zero-order valence-electron chi connectivity index (χ0n) is 27.6. The molecule has 1 heterocycles. The number of rotatable bonds is 8. The van der Waals surface area contributed by atoms with E-state index in [0.29, 0.717) is 6.42 Å². The van der Waals surface area contributed by atoms with Crippen LogP contribution in [0, 0.1) is 11.8 Å². The lowest BCUT2D eigenvalue weighted by Crippen LogP contribution is -2.59. The Hall–Kier alpha value is -4.25. The Morgan fingerprint density at radius 2 is 1.21 bits per heavy atom. The summed E-state index contributed by atoms with van der Waals surface area (Å²) in [5, 5.41) is 21.3. The van der Waals surface area contributed by atoms with Gasteiger partial charge in [0.05, 0.1) is 6.61 Å². The average molecular weight is 648 g/mol. The van der Waals surface area contributed by atoms with E-state index in [2.05, 4.69) is 21.3 Å². The number of aliphatic hydroxyl groups is 1. The summed E-state index contributed by atoms with van der Waals surface area (Å²) in [6.45, 7) is 2.89. The molecule has 2 aromatic rings. The van der Waals surface area contributed by atoms with Gasteiger partial charge >= 0.3 is 0 Å². The van der Waals surface area contributed by atoms with Crippen LogP contribution in [0.25, 0.3) is 0 Å². The number of hydrogen-bond acceptors (Lipinski definition) is 6. The van der Waals surface area contributed by atoms with E-state index in [1.54, 1.807) is 13.8 Å². The molecule has 2 fully saturated rings. The van der Waals surface area contributed by atoms with Crippen LogP contribution >= 0.6 is 0 Å². The van der Waals surface area contributed by atoms with Crippen LogP contribution in [0.2, 0.25) is 0 Å². The van der Waals surface area contributed by atoms with E-state index in [0.717, 1.165) is 43.2 Å². The normalized spacial score (nSPS) is 25.7. The second-order valence-electron chi connectivity index (χ2n) is 13.2. The van der Waals surface area contributed by atoms with Crippen molar-refractivity contribution in [3.05, 3.63) is 71.8 Å². The number of carbonyl (C=O) groups excluding carboxylic acids is 5. The molecule has 5 atom stereocenters. The molecule has 1 saturated carbocycles. The van der Waals surface area contributed by atoms with E-state index >= 15 is 0 Å². The average Bonchev–Trinajstić information content (AvgIpc) is 3.07. The van der Waals surface area contributed by atoms with Crippen LogP contribution in [0.1, 0.15) is 63.5 Å². The number of likely N-dealkylation sites (N-methyl/N-ethyl adjacent to an activating group) is 1. The molecule has 1 aliphatic heterocycles. The Morgan fingerprint density at radius 1 is 0.681 bits per heavy atom. The number of hydrogen-bond donors (Lipinski definition) is 5. The molecule has 2 aliphatic rings. The molecular weight excluding hydrogens is 598 g/mol. The molecule has 0 radical (unpaired) electrons. The second kappa shape index (κ2) is 17.1. The molecule has 0 unspecified atom stereocenters. The second-order valence-corrected chi connectivity index (χ2v) is 13.2. The number of nitrogens with zero attached hydrogens (tertiary/aromatic N) is 1. The molecule has 47 heavy (non-hydrogen) atoms. The van der Waals surface area contributed by atoms with Crippen molar-refractivity contribution in [1.82, 2.24) is 26.2 Å². The third-order valence-electron chi connectivity index (χ3n) is 9.28. The summed E-state index contributed by atoms with van der Waals surface area (Å²) in [6.07, 6.45) is 5.67. The topological polar surface area (TPSA) is 157 Å². The monoisotopic (exact) mass is 647 g/mol. The van der Waals surface area contributed by atoms with E-state index in [-0.39, 0.29) is 24.7 Å². The number of aliphatic hydroxyl groups excluding tert-OH is 1. The Morgan fingerprint density at radius 3 is 1.79 bits per heavy atom. The summed E-state index contributed by atoms with van der Waals surface area (Å²) < 4.78 is 0. The lowest BCUT2D eigenvalue weighted by molar-refractivity contribution is -0.143. The van der Waals surface area contributed by atoms with Crippen molar-refractivity contribution in [3.8, 4) is 0 Å². The minimum atomic E-state index is -1.37. The van der Waals surface area contributed by atoms with Crippen molar-refractivity contribution in [2.24, 2.45) is 11.8 Å². The molecule has 2 aromatic carbocycles. The Labute approximate surface area is 277 Å². The first-order chi connectivity index (χ1) is 22.6. The van der Waals surface area contributed by atoms with Gasteiger partial charge in [0.1, 0.15) is 30.2 Å². The van der Waals surface area contributed by atoms with Crippen LogP contribution in [-0.2, 0) is 36.8 Å². The first kappa shape index (κ1) is 35.6. The summed E-state index contributed by atoms with van der Waals surface area (Å²) in [6, 6.07) is 12.9. The standard InChI is InChI=1S/C36H49N5O6/c1-23(2)31-35(46)37-27(19-24-13-7-4-8-14-24)32(43)39-29(22-42)33(44)38-28(20-25-15-9-5-10-16-25)36(47)41(3)30(34(45)40-31)21-26-17-11-6-12-18-26/h5-6,9-12,15-18,23-24,27-31,42H,4,7-8,13-14,19-22H2,1-3H3,(H,37,46)(H,38,44)(H,39,43)(H,40,45)/t27-,28-,29-,30+,31+/m0/s1. The third-order valence-corrected chi connectivity index (χ3v) is 9.28. The zero-order chi connectivity index (χ0) is 33.9. The van der Waals surface area contributed by atoms with Crippen LogP contribution in [0.3, 0.4) is 0 Å². The highest BCUT2D eigenvalue weighted by Gasteiger charge is 2.38. The van der Waals surface area contributed by atoms with Gasteiger partial charge in [-0.1, -0.05) is 107 Å². The van der Waals surface area contributed by atoms with Crippen LogP contribution in [-0.4, -0.2) is 83.4 Å². The third kappa shape index (κ3) is 9.87. The predicted octanol–water partition coefficient (Wildman–Crippen LogP) is 1.87. The van der Waals surface area contributed by atoms with Gasteiger partial charge in [-0.15, -0.1) is 0 Å². The summed E-state index contributed by atoms with van der Waals surface area (Å²) in [5.74, 6) is -3.08. The molecule has 4 rings (SSSR count). The Balaban J connectivity index is 1.74. The highest BCUT2D eigenvalue weighted by Crippen LogP contribution is 2.27. The van der Waals surface area contributed by atoms with Crippen molar-refractivity contribution in [2.75, 3.05) is 13.7 Å². The maximum atomic E-state index is 14.2. The van der Waals surface area contributed by atoms with Crippen molar-refractivity contribution >= 4 is 29.5 Å². The fourth-order valence-electron chi connectivity index (χ4n) is 6.46. The van der Waals surface area contributed by atoms with Gasteiger partial charge in [-0.2, -0.15) is 0 Å². The predicted molar refractivity (Wildman–Crippen MR) is 178 cm³/mol. The number of carbonyl (C=O) groups is 5. The molecule has 11 nitrogen and oxygen atoms in total. The van der Waals surface area contributed by atoms with E-state index in [4.69, 9.17) is 0 Å². The number of benzene rings is 2. The van der Waals surface area contributed by atoms with E-state index in [1.807, 2.05) is 60.7 Å². The quantitative estimate of drug-likeness (QED) is 0.295. The fourth-order valence-corrected chi connectivity index (χ4v) is 6.46. The molecule has 0 spiro atoms. The van der Waals surface area contributed by atoms with Crippen molar-refractivity contribution in [3.63, 3.8) is 0 Å². The van der Waals surface area contributed by atoms with E-state index in [1.165, 1.54) is 11.9 Å². The highest BCUT2D eigenvalue weighted by molar-refractivity contribution is 5.98. The molecule has 11 heteroatoms. The number of amides is 5. The first-order valence-electron chi connectivity index (χ1n) is 16.7. The zero-order valence-corrected chi connectivity index (χ0v) is 27.6. The van der Waals surface area contributed by atoms with Gasteiger partial charge in [0.15, 0.2) is 0 Å². The largest absolute Gasteiger partial charge is 0.394 e. The van der Waals surface area contributed by atoms with E-state index in [9.17, 15) is 29.1 Å². The summed E-state index contributed by atoms with van der Waals surface area (Å²) in [7, 11) is 1.51. The molecule has 1 saturated heterocycles. The minimum absolute atomic E-state index is 0.112. The van der Waals surface area contributed by atoms with Gasteiger partial charge in [0.25, 0.3) is 0 Å². The van der Waals surface area contributed by atoms with Crippen molar-refractivity contribution < 1.29 is 29.1 Å². The van der Waals surface area contributed by atoms with Crippen molar-refractivity contribution in [2.45, 2.75) is 95.4 Å². The minimum Gasteiger partial charge on any atom is -0.394 e. The summed E-state index contributed by atoms with van der Waals surface area (Å²) in [4.78, 5) is 70.7. The van der Waals surface area contributed by atoms with Gasteiger partial charge in [-0.25, -0.2) is 0 Å². The Bertz CT molecular complexity index is 1360. The van der Waals surface area contributed by atoms with Gasteiger partial charge in [-0.3, -0.25) is 24.0 Å². The van der Waals surface area contributed by atoms with Crippen molar-refractivity contribution in [1.29, 1.82) is 0 Å². The fraction of sp³-hybridized carbons (Fsp3) is 0.528. The molecule has 254 valence electrons. The smallest absolute Gasteiger partial charge is 0.245 e. The van der Waals surface area contributed by atoms with E-state index < -0.39 is 66.4 Å². The molecule has 1 aliphatic carbocycles. The van der Waals surface area contributed by atoms with Gasteiger partial charge < -0.3 is 31.3 Å². The molecule has 5 N–H and O–H groups in total. The molecule has 0 aromatic heterocycles. The summed E-state index contributed by atoms with van der Waals surface area (Å²) in [5.41, 5.74) is 1.58. The van der Waals surface area contributed by atoms with Gasteiger partial charge in [0.2, 0.25) is 29.5 Å². The lowest BCUT2D eigenvalue weighted by atomic mass is 9.84. The van der Waals surface area contributed by atoms with Crippen LogP contribution in [0.5, 0.6) is 0 Å². The lowest BCUT2D eigenvalue weighted by Gasteiger charge is -2.33. The maximum Gasteiger partial charge on any atom is 0.245 e. The summed E-state index contributed by atoms with van der Waals surface area (Å²) >= 11 is 0. The molecule has 0 bridgehead atoms. The molecular formula is C36H49N5O6. The van der Waals surface area contributed by atoms with Gasteiger partial charge in [-0.05, 0) is 29.4 Å². The van der Waals surface area contributed by atoms with Gasteiger partial charge in [0, 0.05) is 19.9 Å². The first-order valence-corrected chi connectivity index (χ1v) is 16.7. The SMILES string of the molecule is CC(C)[C@H]1NC(=O)[C@@H](Cc2ccccc2)N(C)C(=O)[C@H](Cc2ccccc2)NC(=O)[C@H](CO)NC(=O)[C@H](CC2CCCCC2)NC1=O. The Kier molecular flexibility index (Phi) is 12.9.